The number of benzene rings is 1. The fourth-order valence-electron chi connectivity index (χ4n) is 2.02. The van der Waals surface area contributed by atoms with Gasteiger partial charge in [0.2, 0.25) is 0 Å². The molecule has 0 spiro atoms. The smallest absolute Gasteiger partial charge is 0.123 e. The number of hydrogen-bond acceptors (Lipinski definition) is 3. The van der Waals surface area contributed by atoms with Crippen molar-refractivity contribution >= 4 is 0 Å². The monoisotopic (exact) mass is 274 g/mol. The van der Waals surface area contributed by atoms with Gasteiger partial charge in [-0.15, -0.1) is 0 Å². The van der Waals surface area contributed by atoms with Crippen molar-refractivity contribution < 1.29 is 9.50 Å². The van der Waals surface area contributed by atoms with Crippen LogP contribution in [0, 0.1) is 5.82 Å². The predicted octanol–water partition coefficient (Wildman–Crippen LogP) is 2.82. The van der Waals surface area contributed by atoms with Gasteiger partial charge >= 0.3 is 0 Å². The summed E-state index contributed by atoms with van der Waals surface area (Å²) in [5, 5.41) is 13.4. The van der Waals surface area contributed by atoms with E-state index in [9.17, 15) is 9.50 Å². The first-order chi connectivity index (χ1) is 9.65. The van der Waals surface area contributed by atoms with Crippen LogP contribution in [0.25, 0.3) is 0 Å². The number of aromatic nitrogens is 1. The van der Waals surface area contributed by atoms with Gasteiger partial charge in [-0.2, -0.15) is 0 Å². The van der Waals surface area contributed by atoms with Crippen LogP contribution < -0.4 is 5.32 Å². The van der Waals surface area contributed by atoms with Gasteiger partial charge in [-0.05, 0) is 43.2 Å². The molecule has 0 saturated heterocycles. The van der Waals surface area contributed by atoms with Crippen LogP contribution in [0.4, 0.5) is 4.39 Å². The molecule has 1 aromatic carbocycles. The highest BCUT2D eigenvalue weighted by molar-refractivity contribution is 5.18. The molecule has 106 valence electrons. The molecule has 0 radical (unpaired) electrons. The third-order valence-corrected chi connectivity index (χ3v) is 3.19. The van der Waals surface area contributed by atoms with E-state index in [0.717, 1.165) is 11.3 Å². The van der Waals surface area contributed by atoms with E-state index in [0.29, 0.717) is 13.0 Å². The maximum Gasteiger partial charge on any atom is 0.123 e. The Kier molecular flexibility index (Phi) is 5.21. The average Bonchev–Trinajstić information content (AvgIpc) is 2.47. The van der Waals surface area contributed by atoms with Crippen LogP contribution in [-0.2, 0) is 6.54 Å². The third-order valence-electron chi connectivity index (χ3n) is 3.19. The average molecular weight is 274 g/mol. The van der Waals surface area contributed by atoms with Gasteiger partial charge in [-0.25, -0.2) is 4.39 Å². The second-order valence-corrected chi connectivity index (χ2v) is 4.91. The Morgan fingerprint density at radius 2 is 1.95 bits per heavy atom. The van der Waals surface area contributed by atoms with E-state index in [2.05, 4.69) is 10.3 Å². The first-order valence-corrected chi connectivity index (χ1v) is 6.72. The van der Waals surface area contributed by atoms with Crippen LogP contribution in [-0.4, -0.2) is 16.1 Å². The van der Waals surface area contributed by atoms with Crippen LogP contribution in [0.15, 0.2) is 48.7 Å². The number of pyridine rings is 1. The van der Waals surface area contributed by atoms with Crippen molar-refractivity contribution in [3.63, 3.8) is 0 Å². The standard InChI is InChI=1S/C16H19FN2O/c1-12(19-11-15-4-2-3-9-18-15)10-16(20)13-5-7-14(17)8-6-13/h2-9,12,16,19-20H,10-11H2,1H3/t12-,16+/m1/s1. The molecule has 2 aromatic rings. The lowest BCUT2D eigenvalue weighted by Gasteiger charge is -2.18. The second-order valence-electron chi connectivity index (χ2n) is 4.91. The molecular weight excluding hydrogens is 255 g/mol. The van der Waals surface area contributed by atoms with Gasteiger partial charge in [0.15, 0.2) is 0 Å². The summed E-state index contributed by atoms with van der Waals surface area (Å²) in [4.78, 5) is 4.23. The molecule has 0 fully saturated rings. The molecule has 0 aliphatic carbocycles. The van der Waals surface area contributed by atoms with E-state index < -0.39 is 6.10 Å². The van der Waals surface area contributed by atoms with Crippen LogP contribution in [0.1, 0.15) is 30.7 Å². The Balaban J connectivity index is 1.82. The highest BCUT2D eigenvalue weighted by Crippen LogP contribution is 2.18. The quantitative estimate of drug-likeness (QED) is 0.851. The summed E-state index contributed by atoms with van der Waals surface area (Å²) in [7, 11) is 0. The Morgan fingerprint density at radius 3 is 2.60 bits per heavy atom. The van der Waals surface area contributed by atoms with Gasteiger partial charge in [-0.1, -0.05) is 18.2 Å². The largest absolute Gasteiger partial charge is 0.388 e. The van der Waals surface area contributed by atoms with Crippen molar-refractivity contribution in [2.75, 3.05) is 0 Å². The molecule has 1 heterocycles. The molecule has 20 heavy (non-hydrogen) atoms. The minimum absolute atomic E-state index is 0.136. The lowest BCUT2D eigenvalue weighted by molar-refractivity contribution is 0.153. The predicted molar refractivity (Wildman–Crippen MR) is 76.5 cm³/mol. The van der Waals surface area contributed by atoms with Crippen molar-refractivity contribution in [3.05, 3.63) is 65.7 Å². The molecule has 2 N–H and O–H groups in total. The second kappa shape index (κ2) is 7.12. The Labute approximate surface area is 118 Å². The molecule has 2 rings (SSSR count). The van der Waals surface area contributed by atoms with Crippen molar-refractivity contribution in [2.24, 2.45) is 0 Å². The minimum atomic E-state index is -0.596. The highest BCUT2D eigenvalue weighted by Gasteiger charge is 2.12. The maximum absolute atomic E-state index is 12.8. The Bertz CT molecular complexity index is 516. The summed E-state index contributed by atoms with van der Waals surface area (Å²) in [5.74, 6) is -0.290. The SMILES string of the molecule is C[C@H](C[C@H](O)c1ccc(F)cc1)NCc1ccccn1. The summed E-state index contributed by atoms with van der Waals surface area (Å²) in [6, 6.07) is 11.9. The summed E-state index contributed by atoms with van der Waals surface area (Å²) in [5.41, 5.74) is 1.70. The van der Waals surface area contributed by atoms with Gasteiger partial charge in [0, 0.05) is 18.8 Å². The summed E-state index contributed by atoms with van der Waals surface area (Å²) >= 11 is 0. The van der Waals surface area contributed by atoms with Gasteiger partial charge < -0.3 is 10.4 Å². The van der Waals surface area contributed by atoms with Crippen LogP contribution >= 0.6 is 0 Å². The zero-order chi connectivity index (χ0) is 14.4. The first-order valence-electron chi connectivity index (χ1n) is 6.72. The van der Waals surface area contributed by atoms with Crippen LogP contribution in [0.3, 0.4) is 0 Å². The number of nitrogens with one attached hydrogen (secondary N) is 1. The zero-order valence-electron chi connectivity index (χ0n) is 11.5. The molecular formula is C16H19FN2O. The van der Waals surface area contributed by atoms with E-state index >= 15 is 0 Å². The molecule has 2 atom stereocenters. The summed E-state index contributed by atoms with van der Waals surface area (Å²) in [6.07, 6.45) is 1.73. The summed E-state index contributed by atoms with van der Waals surface area (Å²) < 4.78 is 12.8. The number of hydrogen-bond donors (Lipinski definition) is 2. The fourth-order valence-corrected chi connectivity index (χ4v) is 2.02. The topological polar surface area (TPSA) is 45.1 Å². The van der Waals surface area contributed by atoms with Gasteiger partial charge in [0.05, 0.1) is 11.8 Å². The van der Waals surface area contributed by atoms with E-state index in [4.69, 9.17) is 0 Å². The zero-order valence-corrected chi connectivity index (χ0v) is 11.5. The van der Waals surface area contributed by atoms with E-state index in [1.54, 1.807) is 18.3 Å². The molecule has 1 aromatic heterocycles. The number of rotatable bonds is 6. The van der Waals surface area contributed by atoms with Gasteiger partial charge in [0.1, 0.15) is 5.82 Å². The summed E-state index contributed by atoms with van der Waals surface area (Å²) in [6.45, 7) is 2.67. The first kappa shape index (κ1) is 14.6. The maximum atomic E-state index is 12.8. The van der Waals surface area contributed by atoms with Crippen molar-refractivity contribution in [1.29, 1.82) is 0 Å². The van der Waals surface area contributed by atoms with Gasteiger partial charge in [-0.3, -0.25) is 4.98 Å². The molecule has 0 saturated carbocycles. The van der Waals surface area contributed by atoms with E-state index in [-0.39, 0.29) is 11.9 Å². The van der Waals surface area contributed by atoms with Gasteiger partial charge in [0.25, 0.3) is 0 Å². The van der Waals surface area contributed by atoms with E-state index in [1.807, 2.05) is 25.1 Å². The van der Waals surface area contributed by atoms with Crippen molar-refractivity contribution in [1.82, 2.24) is 10.3 Å². The lowest BCUT2D eigenvalue weighted by atomic mass is 10.0. The van der Waals surface area contributed by atoms with Crippen LogP contribution in [0.5, 0.6) is 0 Å². The molecule has 0 aliphatic heterocycles. The molecule has 0 bridgehead atoms. The van der Waals surface area contributed by atoms with Crippen LogP contribution in [0.2, 0.25) is 0 Å². The Hall–Kier alpha value is -1.78. The van der Waals surface area contributed by atoms with Crippen molar-refractivity contribution in [2.45, 2.75) is 32.0 Å². The Morgan fingerprint density at radius 1 is 1.20 bits per heavy atom. The minimum Gasteiger partial charge on any atom is -0.388 e. The molecule has 4 heteroatoms. The number of halogens is 1. The highest BCUT2D eigenvalue weighted by atomic mass is 19.1. The molecule has 0 amide bonds. The number of aliphatic hydroxyl groups is 1. The molecule has 3 nitrogen and oxygen atoms in total. The lowest BCUT2D eigenvalue weighted by Crippen LogP contribution is -2.27. The number of nitrogens with zero attached hydrogens (tertiary/aromatic N) is 1. The third kappa shape index (κ3) is 4.40. The number of aliphatic hydroxyl groups excluding tert-OH is 1. The molecule has 0 aliphatic rings. The fraction of sp³-hybridized carbons (Fsp3) is 0.312. The normalized spacial score (nSPS) is 13.9. The van der Waals surface area contributed by atoms with E-state index in [1.165, 1.54) is 12.1 Å². The van der Waals surface area contributed by atoms with Crippen molar-refractivity contribution in [3.8, 4) is 0 Å². The molecule has 0 unspecified atom stereocenters.